The molecule has 0 amide bonds. The normalized spacial score (nSPS) is 22.9. The van der Waals surface area contributed by atoms with Gasteiger partial charge in [0, 0.05) is 24.8 Å². The molecule has 1 atom stereocenters. The molecule has 2 aliphatic heterocycles. The van der Waals surface area contributed by atoms with E-state index in [9.17, 15) is 0 Å². The lowest BCUT2D eigenvalue weighted by atomic mass is 9.77. The monoisotopic (exact) mass is 339 g/mol. The second kappa shape index (κ2) is 6.56. The van der Waals surface area contributed by atoms with Crippen molar-refractivity contribution >= 4 is 5.82 Å². The van der Waals surface area contributed by atoms with Crippen molar-refractivity contribution in [1.29, 1.82) is 0 Å². The molecular formula is C20H25N3O2. The van der Waals surface area contributed by atoms with Gasteiger partial charge >= 0.3 is 0 Å². The Morgan fingerprint density at radius 1 is 1.24 bits per heavy atom. The zero-order valence-corrected chi connectivity index (χ0v) is 14.7. The van der Waals surface area contributed by atoms with Gasteiger partial charge in [-0.3, -0.25) is 4.90 Å². The number of anilines is 1. The first-order valence-corrected chi connectivity index (χ1v) is 8.92. The molecule has 0 saturated carbocycles. The van der Waals surface area contributed by atoms with Gasteiger partial charge in [-0.2, -0.15) is 0 Å². The Morgan fingerprint density at radius 2 is 2.12 bits per heavy atom. The van der Waals surface area contributed by atoms with Crippen LogP contribution in [0.1, 0.15) is 30.9 Å². The van der Waals surface area contributed by atoms with E-state index in [-0.39, 0.29) is 5.41 Å². The summed E-state index contributed by atoms with van der Waals surface area (Å²) in [6.45, 7) is 5.77. The number of aromatic nitrogens is 1. The van der Waals surface area contributed by atoms with Crippen LogP contribution in [0.3, 0.4) is 0 Å². The summed E-state index contributed by atoms with van der Waals surface area (Å²) in [5, 5.41) is 0. The maximum atomic E-state index is 6.02. The van der Waals surface area contributed by atoms with Crippen LogP contribution in [-0.4, -0.2) is 29.8 Å². The molecule has 1 saturated heterocycles. The Balaban J connectivity index is 1.45. The van der Waals surface area contributed by atoms with Crippen molar-refractivity contribution in [3.63, 3.8) is 0 Å². The maximum absolute atomic E-state index is 6.02. The van der Waals surface area contributed by atoms with Crippen LogP contribution in [0.4, 0.5) is 5.82 Å². The summed E-state index contributed by atoms with van der Waals surface area (Å²) in [7, 11) is 0. The zero-order chi connectivity index (χ0) is 17.3. The van der Waals surface area contributed by atoms with E-state index in [0.29, 0.717) is 12.6 Å². The number of fused-ring (bicyclic) bond motifs is 1. The van der Waals surface area contributed by atoms with E-state index in [2.05, 4.69) is 35.0 Å². The van der Waals surface area contributed by atoms with Crippen molar-refractivity contribution in [2.24, 2.45) is 5.41 Å². The topological polar surface area (TPSA) is 60.6 Å². The summed E-state index contributed by atoms with van der Waals surface area (Å²) in [5.41, 5.74) is 8.70. The lowest BCUT2D eigenvalue weighted by Crippen LogP contribution is -2.42. The van der Waals surface area contributed by atoms with E-state index in [1.807, 2.05) is 12.1 Å². The van der Waals surface area contributed by atoms with Crippen LogP contribution in [0.25, 0.3) is 0 Å². The second-order valence-corrected chi connectivity index (χ2v) is 7.54. The van der Waals surface area contributed by atoms with Crippen molar-refractivity contribution in [2.45, 2.75) is 32.7 Å². The quantitative estimate of drug-likeness (QED) is 0.926. The highest BCUT2D eigenvalue weighted by Crippen LogP contribution is 2.38. The standard InChI is InChI=1S/C20H25N3O2/c1-20(11-15-5-6-17-18(10-15)25-14-24-17)7-3-9-23(13-20)12-16-4-2-8-22-19(16)21/h2,4-6,8,10H,3,7,9,11-14H2,1H3,(H2,21,22)/t20-/m1/s1. The minimum absolute atomic E-state index is 0.253. The lowest BCUT2D eigenvalue weighted by Gasteiger charge is -2.41. The van der Waals surface area contributed by atoms with Gasteiger partial charge in [0.15, 0.2) is 11.5 Å². The number of piperidine rings is 1. The second-order valence-electron chi connectivity index (χ2n) is 7.54. The maximum Gasteiger partial charge on any atom is 0.231 e. The van der Waals surface area contributed by atoms with Gasteiger partial charge in [0.25, 0.3) is 0 Å². The van der Waals surface area contributed by atoms with E-state index in [1.165, 1.54) is 18.4 Å². The molecule has 0 bridgehead atoms. The number of likely N-dealkylation sites (tertiary alicyclic amines) is 1. The third-order valence-corrected chi connectivity index (χ3v) is 5.25. The number of ether oxygens (including phenoxy) is 2. The van der Waals surface area contributed by atoms with Gasteiger partial charge < -0.3 is 15.2 Å². The number of rotatable bonds is 4. The predicted octanol–water partition coefficient (Wildman–Crippen LogP) is 3.24. The van der Waals surface area contributed by atoms with Crippen LogP contribution < -0.4 is 15.2 Å². The number of nitrogen functional groups attached to an aromatic ring is 1. The minimum Gasteiger partial charge on any atom is -0.454 e. The average molecular weight is 339 g/mol. The van der Waals surface area contributed by atoms with Gasteiger partial charge in [0.1, 0.15) is 5.82 Å². The third-order valence-electron chi connectivity index (χ3n) is 5.25. The molecule has 3 heterocycles. The zero-order valence-electron chi connectivity index (χ0n) is 14.7. The van der Waals surface area contributed by atoms with E-state index < -0.39 is 0 Å². The summed E-state index contributed by atoms with van der Waals surface area (Å²) in [6, 6.07) is 10.4. The summed E-state index contributed by atoms with van der Waals surface area (Å²) in [5.74, 6) is 2.37. The van der Waals surface area contributed by atoms with E-state index in [0.717, 1.165) is 43.1 Å². The van der Waals surface area contributed by atoms with Crippen LogP contribution in [-0.2, 0) is 13.0 Å². The minimum atomic E-state index is 0.253. The van der Waals surface area contributed by atoms with Gasteiger partial charge in [-0.1, -0.05) is 19.1 Å². The summed E-state index contributed by atoms with van der Waals surface area (Å²) < 4.78 is 10.9. The van der Waals surface area contributed by atoms with Crippen molar-refractivity contribution < 1.29 is 9.47 Å². The molecule has 0 unspecified atom stereocenters. The average Bonchev–Trinajstić information content (AvgIpc) is 3.04. The largest absolute Gasteiger partial charge is 0.454 e. The lowest BCUT2D eigenvalue weighted by molar-refractivity contribution is 0.0971. The number of hydrogen-bond acceptors (Lipinski definition) is 5. The van der Waals surface area contributed by atoms with E-state index in [1.54, 1.807) is 6.20 Å². The number of pyridine rings is 1. The fourth-order valence-electron chi connectivity index (χ4n) is 4.08. The molecule has 25 heavy (non-hydrogen) atoms. The molecule has 0 aliphatic carbocycles. The highest BCUT2D eigenvalue weighted by atomic mass is 16.7. The fourth-order valence-corrected chi connectivity index (χ4v) is 4.08. The van der Waals surface area contributed by atoms with Gasteiger partial charge in [-0.15, -0.1) is 0 Å². The molecule has 132 valence electrons. The number of nitrogens with two attached hydrogens (primary N) is 1. The van der Waals surface area contributed by atoms with Gasteiger partial charge in [-0.25, -0.2) is 4.98 Å². The molecule has 5 heteroatoms. The van der Waals surface area contributed by atoms with Crippen molar-refractivity contribution in [3.05, 3.63) is 47.7 Å². The summed E-state index contributed by atoms with van der Waals surface area (Å²) >= 11 is 0. The molecular weight excluding hydrogens is 314 g/mol. The number of hydrogen-bond donors (Lipinski definition) is 1. The Hall–Kier alpha value is -2.27. The predicted molar refractivity (Wildman–Crippen MR) is 97.5 cm³/mol. The molecule has 2 aliphatic rings. The van der Waals surface area contributed by atoms with Crippen LogP contribution in [0.5, 0.6) is 11.5 Å². The van der Waals surface area contributed by atoms with Crippen LogP contribution in [0.15, 0.2) is 36.5 Å². The smallest absolute Gasteiger partial charge is 0.231 e. The Morgan fingerprint density at radius 3 is 3.00 bits per heavy atom. The van der Waals surface area contributed by atoms with Crippen LogP contribution in [0.2, 0.25) is 0 Å². The highest BCUT2D eigenvalue weighted by molar-refractivity contribution is 5.44. The van der Waals surface area contributed by atoms with Crippen LogP contribution in [0, 0.1) is 5.41 Å². The van der Waals surface area contributed by atoms with Crippen molar-refractivity contribution in [3.8, 4) is 11.5 Å². The molecule has 0 spiro atoms. The highest BCUT2D eigenvalue weighted by Gasteiger charge is 2.31. The molecule has 2 aromatic rings. The van der Waals surface area contributed by atoms with Crippen LogP contribution >= 0.6 is 0 Å². The number of benzene rings is 1. The summed E-state index contributed by atoms with van der Waals surface area (Å²) in [6.07, 6.45) is 5.24. The molecule has 5 nitrogen and oxygen atoms in total. The Kier molecular flexibility index (Phi) is 4.25. The number of nitrogens with zero attached hydrogens (tertiary/aromatic N) is 2. The van der Waals surface area contributed by atoms with Crippen molar-refractivity contribution in [2.75, 3.05) is 25.6 Å². The summed E-state index contributed by atoms with van der Waals surface area (Å²) in [4.78, 5) is 6.71. The Labute approximate surface area is 148 Å². The molecule has 2 N–H and O–H groups in total. The molecule has 1 fully saturated rings. The first-order chi connectivity index (χ1) is 12.1. The van der Waals surface area contributed by atoms with E-state index in [4.69, 9.17) is 15.2 Å². The first-order valence-electron chi connectivity index (χ1n) is 8.92. The third kappa shape index (κ3) is 3.56. The first kappa shape index (κ1) is 16.2. The SMILES string of the molecule is C[C@]1(Cc2ccc3c(c2)OCO3)CCCN(Cc2cccnc2N)C1. The molecule has 1 aromatic heterocycles. The fraction of sp³-hybridized carbons (Fsp3) is 0.450. The van der Waals surface area contributed by atoms with Gasteiger partial charge in [0.2, 0.25) is 6.79 Å². The van der Waals surface area contributed by atoms with Gasteiger partial charge in [-0.05, 0) is 55.0 Å². The molecule has 1 aromatic carbocycles. The Bertz CT molecular complexity index is 764. The van der Waals surface area contributed by atoms with Crippen molar-refractivity contribution in [1.82, 2.24) is 9.88 Å². The molecule has 4 rings (SSSR count). The van der Waals surface area contributed by atoms with E-state index >= 15 is 0 Å². The van der Waals surface area contributed by atoms with Gasteiger partial charge in [0.05, 0.1) is 0 Å². The molecule has 0 radical (unpaired) electrons.